The lowest BCUT2D eigenvalue weighted by atomic mass is 10.1. The van der Waals surface area contributed by atoms with E-state index < -0.39 is 0 Å². The van der Waals surface area contributed by atoms with Crippen LogP contribution in [0.15, 0.2) is 23.2 Å². The first-order valence-electron chi connectivity index (χ1n) is 10.0. The predicted octanol–water partition coefficient (Wildman–Crippen LogP) is 2.44. The van der Waals surface area contributed by atoms with Crippen LogP contribution >= 0.6 is 0 Å². The summed E-state index contributed by atoms with van der Waals surface area (Å²) in [6.45, 7) is 11.8. The van der Waals surface area contributed by atoms with Crippen molar-refractivity contribution >= 4 is 5.96 Å². The minimum atomic E-state index is 0.488. The molecule has 0 bridgehead atoms. The number of nitrogens with one attached hydrogen (secondary N) is 2. The summed E-state index contributed by atoms with van der Waals surface area (Å²) in [7, 11) is 1.96. The number of rotatable bonds is 10. The molecule has 1 aromatic carbocycles. The monoisotopic (exact) mass is 386 g/mol. The van der Waals surface area contributed by atoms with Crippen LogP contribution in [0.1, 0.15) is 41.7 Å². The molecule has 0 fully saturated rings. The fourth-order valence-corrected chi connectivity index (χ4v) is 2.98. The Balaban J connectivity index is 1.92. The van der Waals surface area contributed by atoms with Gasteiger partial charge in [-0.3, -0.25) is 0 Å². The molecular weight excluding hydrogens is 352 g/mol. The van der Waals surface area contributed by atoms with Crippen molar-refractivity contribution < 1.29 is 4.74 Å². The van der Waals surface area contributed by atoms with E-state index in [9.17, 15) is 0 Å². The van der Waals surface area contributed by atoms with Crippen LogP contribution in [0, 0.1) is 20.8 Å². The molecule has 0 radical (unpaired) electrons. The molecule has 0 atom stereocenters. The molecular formula is C21H34N6O. The number of nitrogens with zero attached hydrogens (tertiary/aromatic N) is 4. The van der Waals surface area contributed by atoms with Crippen molar-refractivity contribution in [3.8, 4) is 0 Å². The summed E-state index contributed by atoms with van der Waals surface area (Å²) in [5, 5.41) is 15.1. The average molecular weight is 387 g/mol. The highest BCUT2D eigenvalue weighted by Gasteiger charge is 2.05. The van der Waals surface area contributed by atoms with E-state index in [1.165, 1.54) is 16.7 Å². The number of benzene rings is 1. The molecule has 0 aliphatic carbocycles. The van der Waals surface area contributed by atoms with Crippen molar-refractivity contribution in [2.75, 3.05) is 26.3 Å². The fourth-order valence-electron chi connectivity index (χ4n) is 2.98. The molecule has 1 heterocycles. The molecule has 0 aliphatic rings. The van der Waals surface area contributed by atoms with Crippen molar-refractivity contribution in [2.24, 2.45) is 12.0 Å². The Hall–Kier alpha value is -2.41. The summed E-state index contributed by atoms with van der Waals surface area (Å²) >= 11 is 0. The first-order chi connectivity index (χ1) is 13.5. The lowest BCUT2D eigenvalue weighted by molar-refractivity contribution is 0.145. The molecule has 0 saturated heterocycles. The second kappa shape index (κ2) is 11.4. The van der Waals surface area contributed by atoms with Crippen LogP contribution < -0.4 is 10.6 Å². The molecule has 1 aromatic heterocycles. The SMILES string of the molecule is CCOCCCNC(=NCc1nnc(C)n1C)NCCc1cc(C)cc(C)c1. The maximum atomic E-state index is 5.40. The van der Waals surface area contributed by atoms with Crippen LogP contribution in [0.2, 0.25) is 0 Å². The number of aromatic nitrogens is 3. The zero-order chi connectivity index (χ0) is 20.4. The largest absolute Gasteiger partial charge is 0.382 e. The van der Waals surface area contributed by atoms with Gasteiger partial charge in [0.2, 0.25) is 0 Å². The van der Waals surface area contributed by atoms with E-state index in [2.05, 4.69) is 57.9 Å². The van der Waals surface area contributed by atoms with Gasteiger partial charge in [0.1, 0.15) is 12.4 Å². The minimum absolute atomic E-state index is 0.488. The topological polar surface area (TPSA) is 76.4 Å². The molecule has 2 rings (SSSR count). The molecule has 2 N–H and O–H groups in total. The number of hydrogen-bond acceptors (Lipinski definition) is 4. The van der Waals surface area contributed by atoms with E-state index >= 15 is 0 Å². The van der Waals surface area contributed by atoms with Gasteiger partial charge in [-0.25, -0.2) is 4.99 Å². The van der Waals surface area contributed by atoms with Gasteiger partial charge in [-0.15, -0.1) is 10.2 Å². The Bertz CT molecular complexity index is 748. The molecule has 0 saturated carbocycles. The van der Waals surface area contributed by atoms with E-state index in [0.717, 1.165) is 56.8 Å². The Morgan fingerprint density at radius 2 is 1.79 bits per heavy atom. The van der Waals surface area contributed by atoms with Gasteiger partial charge in [0, 0.05) is 33.4 Å². The van der Waals surface area contributed by atoms with Gasteiger partial charge >= 0.3 is 0 Å². The smallest absolute Gasteiger partial charge is 0.191 e. The van der Waals surface area contributed by atoms with Crippen LogP contribution in [0.3, 0.4) is 0 Å². The van der Waals surface area contributed by atoms with Gasteiger partial charge in [-0.05, 0) is 46.1 Å². The van der Waals surface area contributed by atoms with Crippen molar-refractivity contribution in [1.82, 2.24) is 25.4 Å². The van der Waals surface area contributed by atoms with E-state index in [0.29, 0.717) is 6.54 Å². The first-order valence-corrected chi connectivity index (χ1v) is 10.0. The lowest BCUT2D eigenvalue weighted by Gasteiger charge is -2.13. The predicted molar refractivity (Wildman–Crippen MR) is 114 cm³/mol. The van der Waals surface area contributed by atoms with E-state index in [1.807, 2.05) is 25.5 Å². The molecule has 0 aliphatic heterocycles. The molecule has 28 heavy (non-hydrogen) atoms. The number of guanidine groups is 1. The summed E-state index contributed by atoms with van der Waals surface area (Å²) in [6, 6.07) is 6.68. The van der Waals surface area contributed by atoms with Gasteiger partial charge in [0.05, 0.1) is 0 Å². The Labute approximate surface area is 168 Å². The Morgan fingerprint density at radius 3 is 2.43 bits per heavy atom. The maximum absolute atomic E-state index is 5.40. The Kier molecular flexibility index (Phi) is 8.94. The molecule has 2 aromatic rings. The highest BCUT2D eigenvalue weighted by Crippen LogP contribution is 2.09. The molecule has 0 spiro atoms. The Morgan fingerprint density at radius 1 is 1.07 bits per heavy atom. The zero-order valence-electron chi connectivity index (χ0n) is 17.9. The van der Waals surface area contributed by atoms with Crippen LogP contribution in [0.25, 0.3) is 0 Å². The highest BCUT2D eigenvalue weighted by molar-refractivity contribution is 5.79. The molecule has 0 amide bonds. The second-order valence-corrected chi connectivity index (χ2v) is 7.04. The summed E-state index contributed by atoms with van der Waals surface area (Å²) in [5.41, 5.74) is 3.94. The number of aliphatic imine (C=N–C) groups is 1. The molecule has 0 unspecified atom stereocenters. The third-order valence-electron chi connectivity index (χ3n) is 4.51. The van der Waals surface area contributed by atoms with Crippen LogP contribution in [-0.2, 0) is 24.8 Å². The molecule has 7 heteroatoms. The lowest BCUT2D eigenvalue weighted by Crippen LogP contribution is -2.39. The standard InChI is InChI=1S/C21H34N6O/c1-6-28-11-7-9-22-21(24-15-20-26-25-18(4)27(20)5)23-10-8-19-13-16(2)12-17(3)14-19/h12-14H,6-11,15H2,1-5H3,(H2,22,23,24). The average Bonchev–Trinajstić information content (AvgIpc) is 2.96. The normalized spacial score (nSPS) is 11.7. The number of ether oxygens (including phenoxy) is 1. The number of hydrogen-bond donors (Lipinski definition) is 2. The maximum Gasteiger partial charge on any atom is 0.191 e. The van der Waals surface area contributed by atoms with Gasteiger partial charge in [0.15, 0.2) is 11.8 Å². The van der Waals surface area contributed by atoms with Gasteiger partial charge in [-0.2, -0.15) is 0 Å². The quantitative estimate of drug-likeness (QED) is 0.373. The summed E-state index contributed by atoms with van der Waals surface area (Å²) in [6.07, 6.45) is 1.89. The van der Waals surface area contributed by atoms with Crippen molar-refractivity contribution in [1.29, 1.82) is 0 Å². The second-order valence-electron chi connectivity index (χ2n) is 7.04. The molecule has 7 nitrogen and oxygen atoms in total. The molecule has 154 valence electrons. The van der Waals surface area contributed by atoms with Crippen LogP contribution in [-0.4, -0.2) is 47.0 Å². The summed E-state index contributed by atoms with van der Waals surface area (Å²) in [4.78, 5) is 4.68. The third-order valence-corrected chi connectivity index (χ3v) is 4.51. The van der Waals surface area contributed by atoms with Gasteiger partial charge in [0.25, 0.3) is 0 Å². The van der Waals surface area contributed by atoms with E-state index in [1.54, 1.807) is 0 Å². The summed E-state index contributed by atoms with van der Waals surface area (Å²) in [5.74, 6) is 2.53. The van der Waals surface area contributed by atoms with Crippen LogP contribution in [0.4, 0.5) is 0 Å². The number of aryl methyl sites for hydroxylation is 3. The first kappa shape index (κ1) is 21.9. The van der Waals surface area contributed by atoms with Crippen molar-refractivity contribution in [3.63, 3.8) is 0 Å². The van der Waals surface area contributed by atoms with Gasteiger partial charge < -0.3 is 19.9 Å². The minimum Gasteiger partial charge on any atom is -0.382 e. The third kappa shape index (κ3) is 7.31. The fraction of sp³-hybridized carbons (Fsp3) is 0.571. The van der Waals surface area contributed by atoms with Gasteiger partial charge in [-0.1, -0.05) is 29.3 Å². The van der Waals surface area contributed by atoms with Crippen molar-refractivity contribution in [2.45, 2.75) is 47.1 Å². The highest BCUT2D eigenvalue weighted by atomic mass is 16.5. The van der Waals surface area contributed by atoms with E-state index in [-0.39, 0.29) is 0 Å². The van der Waals surface area contributed by atoms with E-state index in [4.69, 9.17) is 4.74 Å². The summed E-state index contributed by atoms with van der Waals surface area (Å²) < 4.78 is 7.37. The zero-order valence-corrected chi connectivity index (χ0v) is 17.9. The van der Waals surface area contributed by atoms with Crippen molar-refractivity contribution in [3.05, 3.63) is 46.5 Å². The van der Waals surface area contributed by atoms with Crippen LogP contribution in [0.5, 0.6) is 0 Å².